The fourth-order valence-electron chi connectivity index (χ4n) is 3.11. The topological polar surface area (TPSA) is 67.1 Å². The van der Waals surface area contributed by atoms with Crippen LogP contribution in [0.3, 0.4) is 0 Å². The molecule has 1 aromatic carbocycles. The lowest BCUT2D eigenvalue weighted by molar-refractivity contribution is 0.628. The van der Waals surface area contributed by atoms with Gasteiger partial charge >= 0.3 is 0 Å². The van der Waals surface area contributed by atoms with E-state index in [4.69, 9.17) is 4.99 Å². The Hall–Kier alpha value is -1.89. The summed E-state index contributed by atoms with van der Waals surface area (Å²) < 4.78 is 3.22. The minimum Gasteiger partial charge on any atom is -0.357 e. The molecule has 2 aromatic rings. The maximum Gasteiger partial charge on any atom is 0.191 e. The second-order valence-corrected chi connectivity index (χ2v) is 7.62. The summed E-state index contributed by atoms with van der Waals surface area (Å²) in [6.45, 7) is 7.47. The Kier molecular flexibility index (Phi) is 6.29. The van der Waals surface area contributed by atoms with Gasteiger partial charge in [0.1, 0.15) is 12.2 Å². The van der Waals surface area contributed by atoms with Gasteiger partial charge in [-0.3, -0.25) is 4.99 Å². The van der Waals surface area contributed by atoms with E-state index in [1.165, 1.54) is 18.4 Å². The highest BCUT2D eigenvalue weighted by atomic mass is 79.9. The number of aliphatic imine (C=N–C) groups is 1. The van der Waals surface area contributed by atoms with Crippen molar-refractivity contribution in [1.29, 1.82) is 0 Å². The third-order valence-electron chi connectivity index (χ3n) is 4.83. The first kappa shape index (κ1) is 18.9. The molecule has 26 heavy (non-hydrogen) atoms. The van der Waals surface area contributed by atoms with Crippen LogP contribution in [-0.4, -0.2) is 40.4 Å². The molecule has 0 spiro atoms. The van der Waals surface area contributed by atoms with Gasteiger partial charge in [0.2, 0.25) is 0 Å². The lowest BCUT2D eigenvalue weighted by Gasteiger charge is -2.16. The molecule has 1 aliphatic rings. The molecule has 0 unspecified atom stereocenters. The maximum absolute atomic E-state index is 4.85. The molecule has 1 saturated carbocycles. The minimum absolute atomic E-state index is 0.204. The number of hydrogen-bond donors (Lipinski definition) is 2. The predicted octanol–water partition coefficient (Wildman–Crippen LogP) is 2.89. The van der Waals surface area contributed by atoms with Crippen molar-refractivity contribution in [3.8, 4) is 0 Å². The van der Waals surface area contributed by atoms with Crippen molar-refractivity contribution in [3.63, 3.8) is 0 Å². The summed E-state index contributed by atoms with van der Waals surface area (Å²) in [5, 5.41) is 14.9. The van der Waals surface area contributed by atoms with Crippen LogP contribution in [0, 0.1) is 0 Å². The third kappa shape index (κ3) is 4.63. The number of hydrogen-bond acceptors (Lipinski definition) is 3. The van der Waals surface area contributed by atoms with Gasteiger partial charge in [0.05, 0.1) is 6.54 Å². The molecule has 140 valence electrons. The third-order valence-corrected chi connectivity index (χ3v) is 5.32. The fourth-order valence-corrected chi connectivity index (χ4v) is 3.51. The number of nitrogens with one attached hydrogen (secondary N) is 2. The van der Waals surface area contributed by atoms with Gasteiger partial charge in [-0.2, -0.15) is 0 Å². The highest BCUT2D eigenvalue weighted by Gasteiger charge is 2.44. The molecule has 1 heterocycles. The van der Waals surface area contributed by atoms with Crippen LogP contribution in [0.5, 0.6) is 0 Å². The molecule has 2 N–H and O–H groups in total. The van der Waals surface area contributed by atoms with Crippen molar-refractivity contribution in [1.82, 2.24) is 25.4 Å². The average molecular weight is 419 g/mol. The first-order chi connectivity index (χ1) is 12.7. The lowest BCUT2D eigenvalue weighted by atomic mass is 9.96. The van der Waals surface area contributed by atoms with Gasteiger partial charge in [-0.25, -0.2) is 0 Å². The van der Waals surface area contributed by atoms with Crippen LogP contribution in [0.4, 0.5) is 0 Å². The maximum atomic E-state index is 4.85. The number of benzene rings is 1. The number of nitrogens with zero attached hydrogens (tertiary/aromatic N) is 4. The van der Waals surface area contributed by atoms with E-state index in [-0.39, 0.29) is 5.41 Å². The van der Waals surface area contributed by atoms with Crippen LogP contribution in [0.1, 0.15) is 38.1 Å². The highest BCUT2D eigenvalue weighted by molar-refractivity contribution is 9.10. The summed E-state index contributed by atoms with van der Waals surface area (Å²) in [6, 6.07) is 8.62. The second-order valence-electron chi connectivity index (χ2n) is 6.71. The molecule has 0 atom stereocenters. The van der Waals surface area contributed by atoms with Crippen molar-refractivity contribution in [3.05, 3.63) is 46.5 Å². The number of halogens is 1. The van der Waals surface area contributed by atoms with Crippen LogP contribution < -0.4 is 10.6 Å². The van der Waals surface area contributed by atoms with Crippen molar-refractivity contribution in [2.75, 3.05) is 19.6 Å². The molecule has 3 rings (SSSR count). The van der Waals surface area contributed by atoms with Gasteiger partial charge in [-0.1, -0.05) is 35.0 Å². The summed E-state index contributed by atoms with van der Waals surface area (Å²) in [4.78, 5) is 4.85. The zero-order valence-electron chi connectivity index (χ0n) is 15.5. The number of aromatic nitrogens is 3. The van der Waals surface area contributed by atoms with Gasteiger partial charge in [0.25, 0.3) is 0 Å². The Morgan fingerprint density at radius 2 is 2.15 bits per heavy atom. The standard InChI is InChI=1S/C19H27BrN6/c1-3-17-25-24-14-26(17)11-10-22-18(21-4-2)23-13-19(8-9-19)15-6-5-7-16(20)12-15/h5-7,12,14H,3-4,8-11,13H2,1-2H3,(H2,21,22,23). The molecular formula is C19H27BrN6. The van der Waals surface area contributed by atoms with E-state index in [1.54, 1.807) is 6.33 Å². The van der Waals surface area contributed by atoms with E-state index in [1.807, 2.05) is 0 Å². The molecule has 0 aliphatic heterocycles. The Labute approximate surface area is 163 Å². The quantitative estimate of drug-likeness (QED) is 0.510. The fraction of sp³-hybridized carbons (Fsp3) is 0.526. The summed E-state index contributed by atoms with van der Waals surface area (Å²) in [5.74, 6) is 1.89. The second kappa shape index (κ2) is 8.66. The minimum atomic E-state index is 0.204. The molecule has 1 aliphatic carbocycles. The number of rotatable bonds is 8. The normalized spacial score (nSPS) is 15.7. The Bertz CT molecular complexity index is 750. The zero-order chi connectivity index (χ0) is 18.4. The van der Waals surface area contributed by atoms with Crippen LogP contribution in [0.2, 0.25) is 0 Å². The average Bonchev–Trinajstić information content (AvgIpc) is 3.31. The summed E-state index contributed by atoms with van der Waals surface area (Å²) >= 11 is 3.58. The molecule has 0 radical (unpaired) electrons. The molecule has 6 nitrogen and oxygen atoms in total. The SMILES string of the molecule is CCNC(=NCC1(c2cccc(Br)c2)CC1)NCCn1cnnc1CC. The molecule has 0 bridgehead atoms. The van der Waals surface area contributed by atoms with Gasteiger partial charge in [0.15, 0.2) is 5.96 Å². The van der Waals surface area contributed by atoms with E-state index in [2.05, 4.69) is 79.4 Å². The van der Waals surface area contributed by atoms with Crippen molar-refractivity contribution < 1.29 is 0 Å². The molecule has 7 heteroatoms. The van der Waals surface area contributed by atoms with Crippen LogP contribution in [0.25, 0.3) is 0 Å². The van der Waals surface area contributed by atoms with Gasteiger partial charge in [0, 0.05) is 35.9 Å². The van der Waals surface area contributed by atoms with Crippen LogP contribution in [-0.2, 0) is 18.4 Å². The summed E-state index contributed by atoms with van der Waals surface area (Å²) in [6.07, 6.45) is 5.08. The smallest absolute Gasteiger partial charge is 0.191 e. The van der Waals surface area contributed by atoms with E-state index in [0.29, 0.717) is 0 Å². The molecule has 1 fully saturated rings. The molecule has 0 saturated heterocycles. The molecule has 1 aromatic heterocycles. The number of guanidine groups is 1. The number of aryl methyl sites for hydroxylation is 1. The first-order valence-electron chi connectivity index (χ1n) is 9.32. The Balaban J connectivity index is 1.59. The first-order valence-corrected chi connectivity index (χ1v) is 10.1. The van der Waals surface area contributed by atoms with Crippen LogP contribution >= 0.6 is 15.9 Å². The lowest BCUT2D eigenvalue weighted by Crippen LogP contribution is -2.39. The largest absolute Gasteiger partial charge is 0.357 e. The Morgan fingerprint density at radius 3 is 2.85 bits per heavy atom. The van der Waals surface area contributed by atoms with Crippen LogP contribution in [0.15, 0.2) is 40.1 Å². The van der Waals surface area contributed by atoms with Crippen molar-refractivity contribution >= 4 is 21.9 Å². The molecular weight excluding hydrogens is 392 g/mol. The molecule has 0 amide bonds. The highest BCUT2D eigenvalue weighted by Crippen LogP contribution is 2.48. The monoisotopic (exact) mass is 418 g/mol. The predicted molar refractivity (Wildman–Crippen MR) is 108 cm³/mol. The van der Waals surface area contributed by atoms with E-state index >= 15 is 0 Å². The van der Waals surface area contributed by atoms with Crippen molar-refractivity contribution in [2.24, 2.45) is 4.99 Å². The van der Waals surface area contributed by atoms with Crippen molar-refractivity contribution in [2.45, 2.75) is 45.1 Å². The summed E-state index contributed by atoms with van der Waals surface area (Å²) in [5.41, 5.74) is 1.58. The zero-order valence-corrected chi connectivity index (χ0v) is 17.1. The van der Waals surface area contributed by atoms with Gasteiger partial charge in [-0.05, 0) is 37.5 Å². The van der Waals surface area contributed by atoms with Gasteiger partial charge < -0.3 is 15.2 Å². The van der Waals surface area contributed by atoms with E-state index in [9.17, 15) is 0 Å². The Morgan fingerprint density at radius 1 is 1.31 bits per heavy atom. The van der Waals surface area contributed by atoms with E-state index < -0.39 is 0 Å². The van der Waals surface area contributed by atoms with Gasteiger partial charge in [-0.15, -0.1) is 10.2 Å². The summed E-state index contributed by atoms with van der Waals surface area (Å²) in [7, 11) is 0. The van der Waals surface area contributed by atoms with E-state index in [0.717, 1.165) is 48.9 Å².